The molecule has 0 aliphatic heterocycles. The SMILES string of the molecule is C[C@H]1C[C@@]2(C)C(=O)CC[C@@H]2[C@H]2CC[C@H]3C[C@@H](O)CC[C@]3(C)[C@@H]21. The number of aliphatic hydroxyl groups excluding tert-OH is 1. The first kappa shape index (κ1) is 15.2. The van der Waals surface area contributed by atoms with Crippen molar-refractivity contribution < 1.29 is 9.90 Å². The number of ketones is 1. The molecule has 0 aromatic heterocycles. The van der Waals surface area contributed by atoms with Crippen LogP contribution in [0.3, 0.4) is 0 Å². The third kappa shape index (κ3) is 1.85. The van der Waals surface area contributed by atoms with Crippen LogP contribution in [0, 0.1) is 40.4 Å². The van der Waals surface area contributed by atoms with Gasteiger partial charge in [0.25, 0.3) is 0 Å². The van der Waals surface area contributed by atoms with E-state index < -0.39 is 0 Å². The van der Waals surface area contributed by atoms with E-state index in [0.29, 0.717) is 29.0 Å². The van der Waals surface area contributed by atoms with E-state index in [2.05, 4.69) is 20.8 Å². The fraction of sp³-hybridized carbons (Fsp3) is 0.950. The second kappa shape index (κ2) is 4.82. The van der Waals surface area contributed by atoms with Crippen LogP contribution >= 0.6 is 0 Å². The van der Waals surface area contributed by atoms with Crippen molar-refractivity contribution in [3.05, 3.63) is 0 Å². The van der Waals surface area contributed by atoms with Gasteiger partial charge in [-0.2, -0.15) is 0 Å². The molecule has 0 bridgehead atoms. The Bertz CT molecular complexity index is 486. The first-order valence-corrected chi connectivity index (χ1v) is 9.57. The van der Waals surface area contributed by atoms with Crippen molar-refractivity contribution in [1.29, 1.82) is 0 Å². The lowest BCUT2D eigenvalue weighted by atomic mass is 9.43. The van der Waals surface area contributed by atoms with Gasteiger partial charge in [0.2, 0.25) is 0 Å². The molecule has 0 radical (unpaired) electrons. The van der Waals surface area contributed by atoms with E-state index in [1.807, 2.05) is 0 Å². The zero-order valence-electron chi connectivity index (χ0n) is 14.5. The highest BCUT2D eigenvalue weighted by Gasteiger charge is 2.62. The van der Waals surface area contributed by atoms with Crippen molar-refractivity contribution in [2.75, 3.05) is 0 Å². The van der Waals surface area contributed by atoms with Crippen molar-refractivity contribution in [2.24, 2.45) is 40.4 Å². The van der Waals surface area contributed by atoms with Gasteiger partial charge in [-0.1, -0.05) is 20.8 Å². The maximum absolute atomic E-state index is 12.5. The number of hydrogen-bond acceptors (Lipinski definition) is 2. The summed E-state index contributed by atoms with van der Waals surface area (Å²) >= 11 is 0. The first-order chi connectivity index (χ1) is 10.4. The molecule has 0 amide bonds. The molecule has 2 heteroatoms. The zero-order valence-corrected chi connectivity index (χ0v) is 14.5. The van der Waals surface area contributed by atoms with Gasteiger partial charge in [-0.25, -0.2) is 0 Å². The van der Waals surface area contributed by atoms with Crippen LogP contribution in [0.2, 0.25) is 0 Å². The van der Waals surface area contributed by atoms with Gasteiger partial charge in [0, 0.05) is 11.8 Å². The van der Waals surface area contributed by atoms with Crippen LogP contribution in [-0.2, 0) is 4.79 Å². The molecule has 4 aliphatic carbocycles. The van der Waals surface area contributed by atoms with Gasteiger partial charge in [0.15, 0.2) is 0 Å². The quantitative estimate of drug-likeness (QED) is 0.728. The largest absolute Gasteiger partial charge is 0.393 e. The van der Waals surface area contributed by atoms with Crippen molar-refractivity contribution in [2.45, 2.75) is 78.2 Å². The topological polar surface area (TPSA) is 37.3 Å². The van der Waals surface area contributed by atoms with Gasteiger partial charge in [0.05, 0.1) is 6.10 Å². The molecule has 0 unspecified atom stereocenters. The van der Waals surface area contributed by atoms with Crippen LogP contribution < -0.4 is 0 Å². The smallest absolute Gasteiger partial charge is 0.139 e. The van der Waals surface area contributed by atoms with Crippen LogP contribution in [0.4, 0.5) is 0 Å². The molecule has 0 heterocycles. The normalized spacial score (nSPS) is 57.9. The van der Waals surface area contributed by atoms with Crippen molar-refractivity contribution in [3.8, 4) is 0 Å². The number of rotatable bonds is 0. The summed E-state index contributed by atoms with van der Waals surface area (Å²) in [6.45, 7) is 7.22. The average Bonchev–Trinajstić information content (AvgIpc) is 2.75. The molecular weight excluding hydrogens is 272 g/mol. The Morgan fingerprint density at radius 2 is 1.91 bits per heavy atom. The number of carbonyl (C=O) groups is 1. The molecule has 4 aliphatic rings. The summed E-state index contributed by atoms with van der Waals surface area (Å²) in [5.74, 6) is 4.11. The Balaban J connectivity index is 1.69. The molecule has 124 valence electrons. The summed E-state index contributed by atoms with van der Waals surface area (Å²) < 4.78 is 0. The van der Waals surface area contributed by atoms with E-state index in [0.717, 1.165) is 43.9 Å². The minimum Gasteiger partial charge on any atom is -0.393 e. The van der Waals surface area contributed by atoms with Gasteiger partial charge >= 0.3 is 0 Å². The summed E-state index contributed by atoms with van der Waals surface area (Å²) in [5, 5.41) is 10.1. The highest BCUT2D eigenvalue weighted by Crippen LogP contribution is 2.66. The second-order valence-electron chi connectivity index (χ2n) is 9.57. The van der Waals surface area contributed by atoms with Crippen molar-refractivity contribution in [1.82, 2.24) is 0 Å². The standard InChI is InChI=1S/C20H32O2/c1-12-11-20(3)16(6-7-17(20)22)15-5-4-13-10-14(21)8-9-19(13,2)18(12)15/h12-16,18,21H,4-11H2,1-3H3/t12-,13-,14-,15+,16+,18+,19-,20+/m0/s1. The number of Topliss-reactive ketones (excluding diaryl/α,β-unsaturated/α-hetero) is 1. The van der Waals surface area contributed by atoms with Gasteiger partial charge in [0.1, 0.15) is 5.78 Å². The maximum Gasteiger partial charge on any atom is 0.139 e. The number of fused-ring (bicyclic) bond motifs is 5. The first-order valence-electron chi connectivity index (χ1n) is 9.57. The average molecular weight is 304 g/mol. The highest BCUT2D eigenvalue weighted by molar-refractivity contribution is 5.87. The lowest BCUT2D eigenvalue weighted by Gasteiger charge is -2.62. The van der Waals surface area contributed by atoms with Crippen LogP contribution in [0.15, 0.2) is 0 Å². The van der Waals surface area contributed by atoms with Crippen LogP contribution in [0.5, 0.6) is 0 Å². The summed E-state index contributed by atoms with van der Waals surface area (Å²) in [5.41, 5.74) is 0.395. The van der Waals surface area contributed by atoms with E-state index in [4.69, 9.17) is 0 Å². The number of aliphatic hydroxyl groups is 1. The fourth-order valence-corrected chi connectivity index (χ4v) is 7.71. The molecule has 2 nitrogen and oxygen atoms in total. The third-order valence-electron chi connectivity index (χ3n) is 8.59. The molecule has 0 saturated heterocycles. The lowest BCUT2D eigenvalue weighted by molar-refractivity contribution is -0.155. The van der Waals surface area contributed by atoms with Crippen LogP contribution in [-0.4, -0.2) is 17.0 Å². The third-order valence-corrected chi connectivity index (χ3v) is 8.59. The van der Waals surface area contributed by atoms with Crippen LogP contribution in [0.25, 0.3) is 0 Å². The van der Waals surface area contributed by atoms with Gasteiger partial charge < -0.3 is 5.11 Å². The molecule has 4 fully saturated rings. The maximum atomic E-state index is 12.5. The Labute approximate surface area is 135 Å². The lowest BCUT2D eigenvalue weighted by Crippen LogP contribution is -2.56. The molecule has 4 rings (SSSR count). The molecular formula is C20H32O2. The van der Waals surface area contributed by atoms with Gasteiger partial charge in [-0.3, -0.25) is 4.79 Å². The Morgan fingerprint density at radius 3 is 2.68 bits per heavy atom. The summed E-state index contributed by atoms with van der Waals surface area (Å²) in [6.07, 6.45) is 8.81. The van der Waals surface area contributed by atoms with Gasteiger partial charge in [-0.05, 0) is 80.0 Å². The molecule has 0 aromatic carbocycles. The molecule has 1 N–H and O–H groups in total. The van der Waals surface area contributed by atoms with E-state index >= 15 is 0 Å². The molecule has 22 heavy (non-hydrogen) atoms. The summed E-state index contributed by atoms with van der Waals surface area (Å²) in [7, 11) is 0. The Morgan fingerprint density at radius 1 is 1.14 bits per heavy atom. The van der Waals surface area contributed by atoms with E-state index in [-0.39, 0.29) is 11.5 Å². The number of hydrogen-bond donors (Lipinski definition) is 1. The van der Waals surface area contributed by atoms with Gasteiger partial charge in [-0.15, -0.1) is 0 Å². The summed E-state index contributed by atoms with van der Waals surface area (Å²) in [6, 6.07) is 0. The van der Waals surface area contributed by atoms with E-state index in [1.54, 1.807) is 0 Å². The van der Waals surface area contributed by atoms with Crippen LogP contribution in [0.1, 0.15) is 72.1 Å². The predicted octanol–water partition coefficient (Wildman–Crippen LogP) is 4.21. The fourth-order valence-electron chi connectivity index (χ4n) is 7.71. The monoisotopic (exact) mass is 304 g/mol. The van der Waals surface area contributed by atoms with E-state index in [9.17, 15) is 9.90 Å². The minimum absolute atomic E-state index is 0.0159. The number of carbonyl (C=O) groups excluding carboxylic acids is 1. The predicted molar refractivity (Wildman–Crippen MR) is 87.3 cm³/mol. The molecule has 0 spiro atoms. The molecule has 8 atom stereocenters. The Kier molecular flexibility index (Phi) is 3.32. The summed E-state index contributed by atoms with van der Waals surface area (Å²) in [4.78, 5) is 12.5. The molecule has 0 aromatic rings. The van der Waals surface area contributed by atoms with Crippen molar-refractivity contribution in [3.63, 3.8) is 0 Å². The second-order valence-corrected chi connectivity index (χ2v) is 9.57. The zero-order chi connectivity index (χ0) is 15.7. The minimum atomic E-state index is -0.0631. The molecule has 4 saturated carbocycles. The van der Waals surface area contributed by atoms with E-state index in [1.165, 1.54) is 19.3 Å². The van der Waals surface area contributed by atoms with Crippen molar-refractivity contribution >= 4 is 5.78 Å². The Hall–Kier alpha value is -0.370. The highest BCUT2D eigenvalue weighted by atomic mass is 16.3.